The SMILES string of the molecule is c1ccc(-c2nc(-c3ccccc3)nc(-c3ccc(-c4c5ccccc5c5c6ccccc6c6cccc7c6c5c4n7-c4ccccc4)c4ccccc34)n2)cc1. The molecular formula is C53H32N4. The highest BCUT2D eigenvalue weighted by atomic mass is 15.0. The minimum Gasteiger partial charge on any atom is -0.309 e. The third-order valence-electron chi connectivity index (χ3n) is 11.6. The van der Waals surface area contributed by atoms with Crippen LogP contribution in [0.3, 0.4) is 0 Å². The van der Waals surface area contributed by atoms with Crippen molar-refractivity contribution in [1.29, 1.82) is 0 Å². The lowest BCUT2D eigenvalue weighted by molar-refractivity contribution is 1.08. The molecule has 57 heavy (non-hydrogen) atoms. The normalized spacial score (nSPS) is 11.9. The zero-order valence-corrected chi connectivity index (χ0v) is 30.8. The molecule has 264 valence electrons. The zero-order chi connectivity index (χ0) is 37.5. The molecule has 0 N–H and O–H groups in total. The van der Waals surface area contributed by atoms with E-state index in [0.717, 1.165) is 38.7 Å². The average Bonchev–Trinajstić information content (AvgIpc) is 3.64. The van der Waals surface area contributed by atoms with Gasteiger partial charge in [0.15, 0.2) is 17.5 Å². The maximum atomic E-state index is 5.16. The third-order valence-corrected chi connectivity index (χ3v) is 11.6. The minimum atomic E-state index is 0.643. The molecule has 0 bridgehead atoms. The summed E-state index contributed by atoms with van der Waals surface area (Å²) in [5.74, 6) is 1.94. The van der Waals surface area contributed by atoms with E-state index in [-0.39, 0.29) is 0 Å². The van der Waals surface area contributed by atoms with Gasteiger partial charge in [-0.25, -0.2) is 15.0 Å². The summed E-state index contributed by atoms with van der Waals surface area (Å²) in [6, 6.07) is 69.1. The summed E-state index contributed by atoms with van der Waals surface area (Å²) in [4.78, 5) is 15.3. The summed E-state index contributed by atoms with van der Waals surface area (Å²) in [7, 11) is 0. The maximum absolute atomic E-state index is 5.16. The van der Waals surface area contributed by atoms with Crippen LogP contribution in [0, 0.1) is 0 Å². The molecule has 4 heteroatoms. The number of benzene rings is 10. The lowest BCUT2D eigenvalue weighted by Gasteiger charge is -2.19. The molecule has 0 fully saturated rings. The molecule has 2 heterocycles. The van der Waals surface area contributed by atoms with Crippen LogP contribution in [0.1, 0.15) is 0 Å². The molecule has 10 aromatic carbocycles. The fourth-order valence-corrected chi connectivity index (χ4v) is 9.20. The van der Waals surface area contributed by atoms with Crippen LogP contribution >= 0.6 is 0 Å². The van der Waals surface area contributed by atoms with E-state index in [1.165, 1.54) is 59.7 Å². The van der Waals surface area contributed by atoms with Crippen molar-refractivity contribution in [3.8, 4) is 51.0 Å². The van der Waals surface area contributed by atoms with Crippen molar-refractivity contribution in [2.24, 2.45) is 0 Å². The predicted molar refractivity (Wildman–Crippen MR) is 237 cm³/mol. The van der Waals surface area contributed by atoms with Crippen molar-refractivity contribution in [1.82, 2.24) is 19.5 Å². The number of para-hydroxylation sites is 1. The van der Waals surface area contributed by atoms with Crippen LogP contribution in [0.15, 0.2) is 194 Å². The summed E-state index contributed by atoms with van der Waals surface area (Å²) in [6.07, 6.45) is 0. The van der Waals surface area contributed by atoms with Crippen molar-refractivity contribution in [2.75, 3.05) is 0 Å². The van der Waals surface area contributed by atoms with Crippen LogP contribution in [0.2, 0.25) is 0 Å². The van der Waals surface area contributed by atoms with Gasteiger partial charge in [-0.3, -0.25) is 0 Å². The van der Waals surface area contributed by atoms with E-state index in [1.54, 1.807) is 0 Å². The largest absolute Gasteiger partial charge is 0.309 e. The first-order valence-electron chi connectivity index (χ1n) is 19.4. The highest BCUT2D eigenvalue weighted by Crippen LogP contribution is 2.51. The second-order valence-corrected chi connectivity index (χ2v) is 14.7. The van der Waals surface area contributed by atoms with Gasteiger partial charge in [0.05, 0.1) is 11.0 Å². The molecule has 12 aromatic rings. The molecule has 2 aromatic heterocycles. The molecule has 0 saturated heterocycles. The Morgan fingerprint density at radius 2 is 0.754 bits per heavy atom. The highest BCUT2D eigenvalue weighted by molar-refractivity contribution is 6.42. The number of aromatic nitrogens is 4. The Kier molecular flexibility index (Phi) is 6.89. The Morgan fingerprint density at radius 1 is 0.298 bits per heavy atom. The first kappa shape index (κ1) is 31.6. The molecule has 0 spiro atoms. The Balaban J connectivity index is 1.22. The van der Waals surface area contributed by atoms with E-state index in [2.05, 4.69) is 162 Å². The predicted octanol–water partition coefficient (Wildman–Crippen LogP) is 13.7. The Bertz CT molecular complexity index is 3440. The van der Waals surface area contributed by atoms with Gasteiger partial charge in [0.25, 0.3) is 0 Å². The van der Waals surface area contributed by atoms with Gasteiger partial charge in [0.2, 0.25) is 0 Å². The second kappa shape index (κ2) is 12.4. The van der Waals surface area contributed by atoms with Gasteiger partial charge in [-0.1, -0.05) is 170 Å². The molecule has 0 saturated carbocycles. The number of hydrogen-bond acceptors (Lipinski definition) is 3. The van der Waals surface area contributed by atoms with Gasteiger partial charge < -0.3 is 4.57 Å². The molecule has 0 aliphatic carbocycles. The average molecular weight is 725 g/mol. The van der Waals surface area contributed by atoms with Crippen LogP contribution in [0.4, 0.5) is 0 Å². The van der Waals surface area contributed by atoms with Crippen LogP contribution in [0.5, 0.6) is 0 Å². The second-order valence-electron chi connectivity index (χ2n) is 14.7. The highest BCUT2D eigenvalue weighted by Gasteiger charge is 2.27. The van der Waals surface area contributed by atoms with Gasteiger partial charge in [-0.15, -0.1) is 0 Å². The Morgan fingerprint density at radius 3 is 1.40 bits per heavy atom. The van der Waals surface area contributed by atoms with Gasteiger partial charge in [0, 0.05) is 44.1 Å². The van der Waals surface area contributed by atoms with Crippen molar-refractivity contribution >= 4 is 64.9 Å². The summed E-state index contributed by atoms with van der Waals surface area (Å²) >= 11 is 0. The molecule has 0 radical (unpaired) electrons. The van der Waals surface area contributed by atoms with Crippen LogP contribution < -0.4 is 0 Å². The molecular weight excluding hydrogens is 693 g/mol. The summed E-state index contributed by atoms with van der Waals surface area (Å²) < 4.78 is 2.50. The van der Waals surface area contributed by atoms with Gasteiger partial charge in [-0.05, 0) is 67.5 Å². The number of rotatable bonds is 5. The topological polar surface area (TPSA) is 43.6 Å². The first-order chi connectivity index (χ1) is 28.3. The molecule has 0 aliphatic rings. The molecule has 0 aliphatic heterocycles. The monoisotopic (exact) mass is 724 g/mol. The van der Waals surface area contributed by atoms with Crippen LogP contribution in [0.25, 0.3) is 116 Å². The lowest BCUT2D eigenvalue weighted by Crippen LogP contribution is -2.01. The number of hydrogen-bond donors (Lipinski definition) is 0. The lowest BCUT2D eigenvalue weighted by atomic mass is 9.85. The van der Waals surface area contributed by atoms with E-state index < -0.39 is 0 Å². The van der Waals surface area contributed by atoms with E-state index >= 15 is 0 Å². The van der Waals surface area contributed by atoms with Gasteiger partial charge >= 0.3 is 0 Å². The smallest absolute Gasteiger partial charge is 0.164 e. The summed E-state index contributed by atoms with van der Waals surface area (Å²) in [6.45, 7) is 0. The fourth-order valence-electron chi connectivity index (χ4n) is 9.20. The van der Waals surface area contributed by atoms with Gasteiger partial charge in [-0.2, -0.15) is 0 Å². The molecule has 0 atom stereocenters. The quantitative estimate of drug-likeness (QED) is 0.166. The van der Waals surface area contributed by atoms with E-state index in [1.807, 2.05) is 36.4 Å². The summed E-state index contributed by atoms with van der Waals surface area (Å²) in [5, 5.41) is 12.4. The molecule has 4 nitrogen and oxygen atoms in total. The maximum Gasteiger partial charge on any atom is 0.164 e. The summed E-state index contributed by atoms with van der Waals surface area (Å²) in [5.41, 5.74) is 8.78. The van der Waals surface area contributed by atoms with Gasteiger partial charge in [0.1, 0.15) is 0 Å². The molecule has 0 unspecified atom stereocenters. The number of nitrogens with zero attached hydrogens (tertiary/aromatic N) is 4. The van der Waals surface area contributed by atoms with Crippen molar-refractivity contribution in [3.05, 3.63) is 194 Å². The first-order valence-corrected chi connectivity index (χ1v) is 19.4. The zero-order valence-electron chi connectivity index (χ0n) is 30.8. The Hall–Kier alpha value is -7.69. The third kappa shape index (κ3) is 4.71. The van der Waals surface area contributed by atoms with E-state index in [0.29, 0.717) is 17.5 Å². The molecule has 12 rings (SSSR count). The van der Waals surface area contributed by atoms with Crippen LogP contribution in [-0.4, -0.2) is 19.5 Å². The number of fused-ring (bicyclic) bond motifs is 6. The van der Waals surface area contributed by atoms with E-state index in [4.69, 9.17) is 15.0 Å². The fraction of sp³-hybridized carbons (Fsp3) is 0. The minimum absolute atomic E-state index is 0.643. The van der Waals surface area contributed by atoms with Crippen molar-refractivity contribution in [2.45, 2.75) is 0 Å². The van der Waals surface area contributed by atoms with E-state index in [9.17, 15) is 0 Å². The van der Waals surface area contributed by atoms with Crippen molar-refractivity contribution in [3.63, 3.8) is 0 Å². The standard InChI is InChI=1S/C53H32N4/c1-4-17-33(18-5-1)51-54-52(34-19-6-2-7-20-34)56-53(55-51)44-32-31-43(36-23-10-11-24-37(36)44)47-42-28-15-14-27-41(42)46-39-26-13-12-25-38(39)40-29-16-30-45-48(40)49(46)50(47)57(45)35-21-8-3-9-22-35/h1-32H. The van der Waals surface area contributed by atoms with Crippen LogP contribution in [-0.2, 0) is 0 Å². The Labute approximate surface area is 328 Å². The molecule has 0 amide bonds. The van der Waals surface area contributed by atoms with Crippen molar-refractivity contribution < 1.29 is 0 Å².